The Bertz CT molecular complexity index is 499. The van der Waals surface area contributed by atoms with E-state index in [0.717, 1.165) is 18.5 Å². The summed E-state index contributed by atoms with van der Waals surface area (Å²) in [6, 6.07) is 4.77. The van der Waals surface area contributed by atoms with Crippen LogP contribution in [0.2, 0.25) is 0 Å². The number of benzene rings is 1. The summed E-state index contributed by atoms with van der Waals surface area (Å²) in [5, 5.41) is 5.24. The van der Waals surface area contributed by atoms with Crippen molar-refractivity contribution >= 4 is 17.6 Å². The van der Waals surface area contributed by atoms with Gasteiger partial charge in [-0.1, -0.05) is 12.1 Å². The summed E-state index contributed by atoms with van der Waals surface area (Å²) in [6.07, 6.45) is 4.51. The molecule has 1 aliphatic carbocycles. The number of hydrogen-bond donors (Lipinski definition) is 3. The van der Waals surface area contributed by atoms with Gasteiger partial charge < -0.3 is 11.1 Å². The maximum absolute atomic E-state index is 11.7. The molecule has 1 aromatic rings. The summed E-state index contributed by atoms with van der Waals surface area (Å²) in [6.45, 7) is 1.71. The van der Waals surface area contributed by atoms with Crippen molar-refractivity contribution in [3.63, 3.8) is 0 Å². The summed E-state index contributed by atoms with van der Waals surface area (Å²) in [5.74, 6) is -0.416. The van der Waals surface area contributed by atoms with Gasteiger partial charge in [-0.15, -0.1) is 0 Å². The van der Waals surface area contributed by atoms with Crippen LogP contribution in [0.25, 0.3) is 0 Å². The molecule has 2 rings (SSSR count). The molecule has 0 saturated carbocycles. The van der Waals surface area contributed by atoms with Crippen molar-refractivity contribution in [2.75, 3.05) is 5.32 Å². The molecule has 0 fully saturated rings. The van der Waals surface area contributed by atoms with E-state index in [1.807, 2.05) is 12.1 Å². The maximum Gasteiger partial charge on any atom is 0.318 e. The zero-order valence-corrected chi connectivity index (χ0v) is 11.0. The average molecular weight is 261 g/mol. The Balaban J connectivity index is 2.10. The topological polar surface area (TPSA) is 84.2 Å². The Morgan fingerprint density at radius 2 is 2.00 bits per heavy atom. The second kappa shape index (κ2) is 5.73. The van der Waals surface area contributed by atoms with E-state index in [-0.39, 0.29) is 0 Å². The fourth-order valence-corrected chi connectivity index (χ4v) is 2.45. The normalized spacial score (nSPS) is 15.2. The van der Waals surface area contributed by atoms with Crippen LogP contribution in [0.4, 0.5) is 10.5 Å². The molecule has 0 radical (unpaired) electrons. The highest BCUT2D eigenvalue weighted by atomic mass is 16.2. The number of aryl methyl sites for hydroxylation is 1. The minimum Gasteiger partial charge on any atom is -0.374 e. The molecule has 5 nitrogen and oxygen atoms in total. The van der Waals surface area contributed by atoms with Crippen molar-refractivity contribution in [2.24, 2.45) is 5.73 Å². The van der Waals surface area contributed by atoms with E-state index >= 15 is 0 Å². The second-order valence-electron chi connectivity index (χ2n) is 4.87. The van der Waals surface area contributed by atoms with Crippen LogP contribution in [0.15, 0.2) is 18.2 Å². The van der Waals surface area contributed by atoms with Gasteiger partial charge in [0.15, 0.2) is 0 Å². The number of carbonyl (C=O) groups is 2. The summed E-state index contributed by atoms with van der Waals surface area (Å²) < 4.78 is 0. The molecule has 19 heavy (non-hydrogen) atoms. The zero-order chi connectivity index (χ0) is 13.8. The largest absolute Gasteiger partial charge is 0.374 e. The predicted octanol–water partition coefficient (Wildman–Crippen LogP) is 1.56. The molecule has 0 bridgehead atoms. The summed E-state index contributed by atoms with van der Waals surface area (Å²) in [4.78, 5) is 22.3. The molecule has 0 aliphatic heterocycles. The third-order valence-corrected chi connectivity index (χ3v) is 3.41. The van der Waals surface area contributed by atoms with Gasteiger partial charge in [0.2, 0.25) is 5.91 Å². The summed E-state index contributed by atoms with van der Waals surface area (Å²) in [7, 11) is 0. The van der Waals surface area contributed by atoms with E-state index in [0.29, 0.717) is 0 Å². The number of nitrogens with two attached hydrogens (primary N) is 1. The van der Waals surface area contributed by atoms with Crippen LogP contribution in [0.3, 0.4) is 0 Å². The lowest BCUT2D eigenvalue weighted by Crippen LogP contribution is -2.43. The smallest absolute Gasteiger partial charge is 0.318 e. The molecular formula is C14H19N3O2. The number of hydrogen-bond acceptors (Lipinski definition) is 3. The lowest BCUT2D eigenvalue weighted by molar-refractivity contribution is -0.120. The minimum absolute atomic E-state index is 0.416. The van der Waals surface area contributed by atoms with E-state index in [1.54, 1.807) is 6.92 Å². The van der Waals surface area contributed by atoms with Crippen LogP contribution >= 0.6 is 0 Å². The Labute approximate surface area is 112 Å². The quantitative estimate of drug-likeness (QED) is 0.772. The number of imide groups is 1. The first kappa shape index (κ1) is 13.4. The molecule has 5 heteroatoms. The first-order valence-electron chi connectivity index (χ1n) is 6.55. The van der Waals surface area contributed by atoms with E-state index in [4.69, 9.17) is 5.73 Å². The fraction of sp³-hybridized carbons (Fsp3) is 0.429. The van der Waals surface area contributed by atoms with Crippen molar-refractivity contribution in [2.45, 2.75) is 38.6 Å². The second-order valence-corrected chi connectivity index (χ2v) is 4.87. The third kappa shape index (κ3) is 3.24. The molecule has 4 N–H and O–H groups in total. The molecule has 0 unspecified atom stereocenters. The first-order valence-corrected chi connectivity index (χ1v) is 6.55. The highest BCUT2D eigenvalue weighted by Crippen LogP contribution is 2.28. The highest BCUT2D eigenvalue weighted by Gasteiger charge is 2.18. The van der Waals surface area contributed by atoms with Gasteiger partial charge >= 0.3 is 6.03 Å². The van der Waals surface area contributed by atoms with Crippen molar-refractivity contribution < 1.29 is 9.59 Å². The summed E-state index contributed by atoms with van der Waals surface area (Å²) in [5.41, 5.74) is 8.54. The monoisotopic (exact) mass is 261 g/mol. The molecular weight excluding hydrogens is 242 g/mol. The van der Waals surface area contributed by atoms with E-state index in [2.05, 4.69) is 16.7 Å². The predicted molar refractivity (Wildman–Crippen MR) is 73.9 cm³/mol. The third-order valence-electron chi connectivity index (χ3n) is 3.41. The standard InChI is InChI=1S/C14H19N3O2/c1-9(13(18)17-14(15)19)16-12-8-4-6-10-5-2-3-7-11(10)12/h4,6,8-9,16H,2-3,5,7H2,1H3,(H3,15,17,18,19)/t9-/m1/s1. The Kier molecular flexibility index (Phi) is 4.04. The number of amides is 3. The van der Waals surface area contributed by atoms with Crippen molar-refractivity contribution in [1.82, 2.24) is 5.32 Å². The number of carbonyl (C=O) groups excluding carboxylic acids is 2. The van der Waals surface area contributed by atoms with Crippen LogP contribution in [-0.4, -0.2) is 18.0 Å². The Hall–Kier alpha value is -2.04. The average Bonchev–Trinajstić information content (AvgIpc) is 2.38. The number of rotatable bonds is 3. The van der Waals surface area contributed by atoms with Crippen LogP contribution in [-0.2, 0) is 17.6 Å². The van der Waals surface area contributed by atoms with Crippen molar-refractivity contribution in [3.8, 4) is 0 Å². The SMILES string of the molecule is C[C@@H](Nc1cccc2c1CCCC2)C(=O)NC(N)=O. The summed E-state index contributed by atoms with van der Waals surface area (Å²) >= 11 is 0. The van der Waals surface area contributed by atoms with Gasteiger partial charge in [-0.05, 0) is 49.8 Å². The number of nitrogens with one attached hydrogen (secondary N) is 2. The van der Waals surface area contributed by atoms with Crippen LogP contribution in [0.1, 0.15) is 30.9 Å². The van der Waals surface area contributed by atoms with Gasteiger partial charge in [-0.2, -0.15) is 0 Å². The maximum atomic E-state index is 11.7. The van der Waals surface area contributed by atoms with E-state index < -0.39 is 18.0 Å². The molecule has 0 aromatic heterocycles. The van der Waals surface area contributed by atoms with Gasteiger partial charge in [0.25, 0.3) is 0 Å². The van der Waals surface area contributed by atoms with Gasteiger partial charge in [-0.25, -0.2) is 4.79 Å². The highest BCUT2D eigenvalue weighted by molar-refractivity contribution is 5.97. The number of urea groups is 1. The Morgan fingerprint density at radius 1 is 1.26 bits per heavy atom. The minimum atomic E-state index is -0.825. The molecule has 1 atom stereocenters. The van der Waals surface area contributed by atoms with Crippen molar-refractivity contribution in [1.29, 1.82) is 0 Å². The zero-order valence-electron chi connectivity index (χ0n) is 11.0. The molecule has 0 spiro atoms. The molecule has 3 amide bonds. The lowest BCUT2D eigenvalue weighted by atomic mass is 9.90. The first-order chi connectivity index (χ1) is 9.08. The number of primary amides is 1. The van der Waals surface area contributed by atoms with Crippen LogP contribution in [0, 0.1) is 0 Å². The Morgan fingerprint density at radius 3 is 2.74 bits per heavy atom. The van der Waals surface area contributed by atoms with E-state index in [1.165, 1.54) is 24.0 Å². The lowest BCUT2D eigenvalue weighted by Gasteiger charge is -2.22. The molecule has 0 heterocycles. The number of fused-ring (bicyclic) bond motifs is 1. The van der Waals surface area contributed by atoms with Crippen LogP contribution in [0.5, 0.6) is 0 Å². The van der Waals surface area contributed by atoms with Crippen LogP contribution < -0.4 is 16.4 Å². The molecule has 1 aromatic carbocycles. The molecule has 0 saturated heterocycles. The van der Waals surface area contributed by atoms with Gasteiger partial charge in [0.1, 0.15) is 6.04 Å². The van der Waals surface area contributed by atoms with E-state index in [9.17, 15) is 9.59 Å². The fourth-order valence-electron chi connectivity index (χ4n) is 2.45. The number of anilines is 1. The molecule has 1 aliphatic rings. The van der Waals surface area contributed by atoms with Gasteiger partial charge in [0.05, 0.1) is 0 Å². The molecule has 102 valence electrons. The van der Waals surface area contributed by atoms with Gasteiger partial charge in [0, 0.05) is 5.69 Å². The van der Waals surface area contributed by atoms with Crippen molar-refractivity contribution in [3.05, 3.63) is 29.3 Å². The van der Waals surface area contributed by atoms with Gasteiger partial charge in [-0.3, -0.25) is 10.1 Å².